The topological polar surface area (TPSA) is 88.2 Å². The van der Waals surface area contributed by atoms with Crippen molar-refractivity contribution >= 4 is 15.9 Å². The average molecular weight is 303 g/mol. The summed E-state index contributed by atoms with van der Waals surface area (Å²) in [6.07, 6.45) is 1.16. The van der Waals surface area contributed by atoms with Gasteiger partial charge >= 0.3 is 0 Å². The molecule has 8 heteroatoms. The van der Waals surface area contributed by atoms with E-state index in [9.17, 15) is 17.6 Å². The normalized spacial score (nSPS) is 13.8. The van der Waals surface area contributed by atoms with Crippen LogP contribution in [0.5, 0.6) is 0 Å². The van der Waals surface area contributed by atoms with Crippen molar-refractivity contribution in [3.63, 3.8) is 0 Å². The molecule has 0 saturated carbocycles. The highest BCUT2D eigenvalue weighted by atomic mass is 32.2. The maximum absolute atomic E-state index is 13.4. The number of carbonyl (C=O) groups excluding carboxylic acids is 1. The van der Waals surface area contributed by atoms with Crippen molar-refractivity contribution in [1.29, 1.82) is 0 Å². The molecule has 0 fully saturated rings. The highest BCUT2D eigenvalue weighted by molar-refractivity contribution is 7.89. The third-order valence-electron chi connectivity index (χ3n) is 2.20. The Kier molecular flexibility index (Phi) is 4.82. The lowest BCUT2D eigenvalue weighted by Crippen LogP contribution is -2.50. The molecule has 1 rings (SSSR count). The second-order valence-electron chi connectivity index (χ2n) is 5.37. The quantitative estimate of drug-likeness (QED) is 0.861. The molecule has 1 aromatic rings. The number of nitrogens with one attached hydrogen (secondary N) is 2. The SMILES string of the molecule is CC(NS(=O)(=O)c1ncccc1F)C(=O)NC(C)(C)C. The van der Waals surface area contributed by atoms with E-state index in [1.807, 2.05) is 0 Å². The summed E-state index contributed by atoms with van der Waals surface area (Å²) in [5.41, 5.74) is -0.493. The summed E-state index contributed by atoms with van der Waals surface area (Å²) in [4.78, 5) is 15.3. The molecule has 2 N–H and O–H groups in total. The number of rotatable bonds is 4. The van der Waals surface area contributed by atoms with Crippen LogP contribution in [-0.4, -0.2) is 30.9 Å². The van der Waals surface area contributed by atoms with E-state index in [2.05, 4.69) is 15.0 Å². The highest BCUT2D eigenvalue weighted by Gasteiger charge is 2.27. The van der Waals surface area contributed by atoms with Crippen LogP contribution in [0.1, 0.15) is 27.7 Å². The molecule has 0 aliphatic heterocycles. The minimum Gasteiger partial charge on any atom is -0.350 e. The van der Waals surface area contributed by atoms with E-state index < -0.39 is 38.4 Å². The van der Waals surface area contributed by atoms with Gasteiger partial charge in [0.2, 0.25) is 10.9 Å². The van der Waals surface area contributed by atoms with E-state index in [1.54, 1.807) is 20.8 Å². The predicted octanol–water partition coefficient (Wildman–Crippen LogP) is 0.802. The first-order valence-corrected chi connectivity index (χ1v) is 7.46. The summed E-state index contributed by atoms with van der Waals surface area (Å²) in [5, 5.41) is 1.90. The van der Waals surface area contributed by atoms with E-state index in [0.29, 0.717) is 0 Å². The van der Waals surface area contributed by atoms with E-state index in [0.717, 1.165) is 12.3 Å². The van der Waals surface area contributed by atoms with Crippen LogP contribution >= 0.6 is 0 Å². The van der Waals surface area contributed by atoms with E-state index in [1.165, 1.54) is 13.0 Å². The Bertz CT molecular complexity index is 596. The Morgan fingerprint density at radius 3 is 2.50 bits per heavy atom. The number of hydrogen-bond acceptors (Lipinski definition) is 4. The Morgan fingerprint density at radius 2 is 2.00 bits per heavy atom. The molecule has 1 unspecified atom stereocenters. The van der Waals surface area contributed by atoms with Crippen LogP contribution in [0.2, 0.25) is 0 Å². The van der Waals surface area contributed by atoms with Gasteiger partial charge in [-0.1, -0.05) is 0 Å². The molecular formula is C12H18FN3O3S. The standard InChI is InChI=1S/C12H18FN3O3S/c1-8(10(17)15-12(2,3)4)16-20(18,19)11-9(13)6-5-7-14-11/h5-8,16H,1-4H3,(H,15,17). The Hall–Kier alpha value is -1.54. The molecule has 6 nitrogen and oxygen atoms in total. The molecule has 0 aliphatic carbocycles. The summed E-state index contributed by atoms with van der Waals surface area (Å²) in [6.45, 7) is 6.68. The van der Waals surface area contributed by atoms with Gasteiger partial charge in [-0.2, -0.15) is 4.72 Å². The van der Waals surface area contributed by atoms with Gasteiger partial charge in [0.15, 0.2) is 5.82 Å². The van der Waals surface area contributed by atoms with Crippen molar-refractivity contribution in [2.45, 2.75) is 44.3 Å². The summed E-state index contributed by atoms with van der Waals surface area (Å²) in [5.74, 6) is -1.47. The summed E-state index contributed by atoms with van der Waals surface area (Å²) >= 11 is 0. The molecule has 1 aromatic heterocycles. The van der Waals surface area contributed by atoms with E-state index >= 15 is 0 Å². The molecule has 112 valence electrons. The van der Waals surface area contributed by atoms with Gasteiger partial charge in [0, 0.05) is 11.7 Å². The predicted molar refractivity (Wildman–Crippen MR) is 71.9 cm³/mol. The lowest BCUT2D eigenvalue weighted by Gasteiger charge is -2.23. The van der Waals surface area contributed by atoms with Crippen molar-refractivity contribution in [2.24, 2.45) is 0 Å². The molecule has 0 spiro atoms. The van der Waals surface area contributed by atoms with Crippen molar-refractivity contribution in [2.75, 3.05) is 0 Å². The molecule has 0 aliphatic rings. The Labute approximate surface area is 117 Å². The molecule has 1 amide bonds. The third-order valence-corrected chi connectivity index (χ3v) is 3.68. The smallest absolute Gasteiger partial charge is 0.261 e. The molecule has 20 heavy (non-hydrogen) atoms. The zero-order chi connectivity index (χ0) is 15.6. The molecule has 1 atom stereocenters. The first-order chi connectivity index (χ1) is 9.03. The third kappa shape index (κ3) is 4.53. The summed E-state index contributed by atoms with van der Waals surface area (Å²) in [7, 11) is -4.19. The fourth-order valence-corrected chi connectivity index (χ4v) is 2.60. The van der Waals surface area contributed by atoms with Crippen molar-refractivity contribution < 1.29 is 17.6 Å². The zero-order valence-electron chi connectivity index (χ0n) is 11.8. The van der Waals surface area contributed by atoms with Gasteiger partial charge in [-0.25, -0.2) is 17.8 Å². The number of sulfonamides is 1. The van der Waals surface area contributed by atoms with Gasteiger partial charge in [0.25, 0.3) is 10.0 Å². The van der Waals surface area contributed by atoms with Crippen LogP contribution < -0.4 is 10.0 Å². The van der Waals surface area contributed by atoms with Gasteiger partial charge in [-0.15, -0.1) is 0 Å². The van der Waals surface area contributed by atoms with Gasteiger partial charge in [-0.3, -0.25) is 4.79 Å². The monoisotopic (exact) mass is 303 g/mol. The summed E-state index contributed by atoms with van der Waals surface area (Å²) < 4.78 is 39.4. The second kappa shape index (κ2) is 5.84. The van der Waals surface area contributed by atoms with Crippen LogP contribution in [0.25, 0.3) is 0 Å². The minimum atomic E-state index is -4.19. The molecule has 0 bridgehead atoms. The lowest BCUT2D eigenvalue weighted by atomic mass is 10.1. The average Bonchev–Trinajstić information content (AvgIpc) is 2.26. The number of amides is 1. The number of nitrogens with zero attached hydrogens (tertiary/aromatic N) is 1. The number of halogens is 1. The second-order valence-corrected chi connectivity index (χ2v) is 7.00. The summed E-state index contributed by atoms with van der Waals surface area (Å²) in [6, 6.07) is 1.23. The number of carbonyl (C=O) groups is 1. The maximum Gasteiger partial charge on any atom is 0.261 e. The largest absolute Gasteiger partial charge is 0.350 e. The molecule has 0 radical (unpaired) electrons. The lowest BCUT2D eigenvalue weighted by molar-refractivity contribution is -0.123. The fraction of sp³-hybridized carbons (Fsp3) is 0.500. The molecule has 1 heterocycles. The zero-order valence-corrected chi connectivity index (χ0v) is 12.6. The van der Waals surface area contributed by atoms with Crippen LogP contribution in [0.4, 0.5) is 4.39 Å². The van der Waals surface area contributed by atoms with Crippen LogP contribution in [-0.2, 0) is 14.8 Å². The van der Waals surface area contributed by atoms with Gasteiger partial charge in [-0.05, 0) is 39.8 Å². The van der Waals surface area contributed by atoms with Crippen molar-refractivity contribution in [3.05, 3.63) is 24.1 Å². The van der Waals surface area contributed by atoms with Crippen LogP contribution in [0.3, 0.4) is 0 Å². The van der Waals surface area contributed by atoms with Gasteiger partial charge in [0.05, 0.1) is 6.04 Å². The first kappa shape index (κ1) is 16.5. The molecular weight excluding hydrogens is 285 g/mol. The molecule has 0 aromatic carbocycles. The van der Waals surface area contributed by atoms with Crippen LogP contribution in [0.15, 0.2) is 23.4 Å². The van der Waals surface area contributed by atoms with E-state index in [4.69, 9.17) is 0 Å². The van der Waals surface area contributed by atoms with E-state index in [-0.39, 0.29) is 0 Å². The number of aromatic nitrogens is 1. The van der Waals surface area contributed by atoms with Gasteiger partial charge < -0.3 is 5.32 Å². The number of hydrogen-bond donors (Lipinski definition) is 2. The molecule has 0 saturated heterocycles. The Balaban J connectivity index is 2.87. The maximum atomic E-state index is 13.4. The fourth-order valence-electron chi connectivity index (χ4n) is 1.39. The van der Waals surface area contributed by atoms with Gasteiger partial charge in [0.1, 0.15) is 0 Å². The van der Waals surface area contributed by atoms with Crippen LogP contribution in [0, 0.1) is 5.82 Å². The van der Waals surface area contributed by atoms with Crippen molar-refractivity contribution in [1.82, 2.24) is 15.0 Å². The minimum absolute atomic E-state index is 0.493. The highest BCUT2D eigenvalue weighted by Crippen LogP contribution is 2.10. The number of pyridine rings is 1. The Morgan fingerprint density at radius 1 is 1.40 bits per heavy atom. The van der Waals surface area contributed by atoms with Crippen molar-refractivity contribution in [3.8, 4) is 0 Å². The first-order valence-electron chi connectivity index (χ1n) is 5.98.